The number of thioether (sulfide) groups is 1. The summed E-state index contributed by atoms with van der Waals surface area (Å²) in [6.45, 7) is 4.16. The van der Waals surface area contributed by atoms with Crippen LogP contribution in [0, 0.1) is 0 Å². The molecule has 5 heteroatoms. The monoisotopic (exact) mass is 255 g/mol. The van der Waals surface area contributed by atoms with Crippen LogP contribution in [-0.4, -0.2) is 29.0 Å². The van der Waals surface area contributed by atoms with Crippen LogP contribution in [0.5, 0.6) is 0 Å². The highest BCUT2D eigenvalue weighted by Gasteiger charge is 2.21. The van der Waals surface area contributed by atoms with Gasteiger partial charge < -0.3 is 9.73 Å². The molecule has 1 aromatic rings. The molecule has 0 aliphatic carbocycles. The maximum Gasteiger partial charge on any atom is 0.229 e. The zero-order valence-corrected chi connectivity index (χ0v) is 11.3. The van der Waals surface area contributed by atoms with Gasteiger partial charge in [0.05, 0.1) is 5.25 Å². The largest absolute Gasteiger partial charge is 0.424 e. The predicted octanol–water partition coefficient (Wildman–Crippen LogP) is 2.57. The average Bonchev–Trinajstić information content (AvgIpc) is 2.85. The summed E-state index contributed by atoms with van der Waals surface area (Å²) in [7, 11) is 0. The summed E-state index contributed by atoms with van der Waals surface area (Å²) < 4.78 is 5.73. The minimum atomic E-state index is 0.443. The number of rotatable bonds is 6. The van der Waals surface area contributed by atoms with Crippen molar-refractivity contribution >= 4 is 11.8 Å². The van der Waals surface area contributed by atoms with Crippen LogP contribution in [0.4, 0.5) is 0 Å². The summed E-state index contributed by atoms with van der Waals surface area (Å²) in [5.41, 5.74) is 0. The molecule has 2 heterocycles. The van der Waals surface area contributed by atoms with E-state index in [2.05, 4.69) is 22.4 Å². The second-order valence-electron chi connectivity index (χ2n) is 4.35. The second kappa shape index (κ2) is 7.01. The predicted molar refractivity (Wildman–Crippen MR) is 70.2 cm³/mol. The molecule has 2 rings (SSSR count). The fourth-order valence-corrected chi connectivity index (χ4v) is 3.20. The molecule has 0 bridgehead atoms. The Morgan fingerprint density at radius 3 is 3.12 bits per heavy atom. The number of aromatic nitrogens is 2. The lowest BCUT2D eigenvalue weighted by Crippen LogP contribution is -2.14. The first kappa shape index (κ1) is 12.9. The van der Waals surface area contributed by atoms with E-state index in [0.717, 1.165) is 37.7 Å². The van der Waals surface area contributed by atoms with Gasteiger partial charge in [-0.1, -0.05) is 13.3 Å². The van der Waals surface area contributed by atoms with Crippen molar-refractivity contribution < 1.29 is 4.42 Å². The van der Waals surface area contributed by atoms with Crippen molar-refractivity contribution in [3.05, 3.63) is 11.8 Å². The van der Waals surface area contributed by atoms with Crippen molar-refractivity contribution in [3.8, 4) is 0 Å². The summed E-state index contributed by atoms with van der Waals surface area (Å²) in [5.74, 6) is 2.86. The van der Waals surface area contributed by atoms with Gasteiger partial charge in [0.2, 0.25) is 11.8 Å². The molecule has 1 atom stereocenters. The molecule has 0 aromatic carbocycles. The Morgan fingerprint density at radius 1 is 1.41 bits per heavy atom. The van der Waals surface area contributed by atoms with Crippen molar-refractivity contribution in [1.82, 2.24) is 15.5 Å². The van der Waals surface area contributed by atoms with Gasteiger partial charge in [-0.05, 0) is 38.1 Å². The summed E-state index contributed by atoms with van der Waals surface area (Å²) in [5, 5.41) is 12.1. The summed E-state index contributed by atoms with van der Waals surface area (Å²) in [6.07, 6.45) is 5.75. The van der Waals surface area contributed by atoms with Crippen LogP contribution in [-0.2, 0) is 6.42 Å². The fourth-order valence-electron chi connectivity index (χ4n) is 1.97. The normalized spacial score (nSPS) is 20.6. The molecule has 0 spiro atoms. The lowest BCUT2D eigenvalue weighted by atomic mass is 10.2. The van der Waals surface area contributed by atoms with Crippen molar-refractivity contribution in [1.29, 1.82) is 0 Å². The minimum absolute atomic E-state index is 0.443. The molecule has 0 amide bonds. The number of nitrogens with zero attached hydrogens (tertiary/aromatic N) is 2. The fraction of sp³-hybridized carbons (Fsp3) is 0.833. The summed E-state index contributed by atoms with van der Waals surface area (Å²) in [6, 6.07) is 0. The molecule has 1 unspecified atom stereocenters. The first-order valence-electron chi connectivity index (χ1n) is 6.54. The highest BCUT2D eigenvalue weighted by Crippen LogP contribution is 2.37. The lowest BCUT2D eigenvalue weighted by molar-refractivity contribution is 0.430. The quantitative estimate of drug-likeness (QED) is 0.792. The summed E-state index contributed by atoms with van der Waals surface area (Å²) >= 11 is 1.95. The van der Waals surface area contributed by atoms with Gasteiger partial charge in [-0.2, -0.15) is 0 Å². The van der Waals surface area contributed by atoms with E-state index in [1.807, 2.05) is 11.8 Å². The van der Waals surface area contributed by atoms with E-state index in [9.17, 15) is 0 Å². The first-order valence-corrected chi connectivity index (χ1v) is 7.59. The van der Waals surface area contributed by atoms with Crippen LogP contribution >= 0.6 is 11.8 Å². The Morgan fingerprint density at radius 2 is 2.35 bits per heavy atom. The Labute approximate surface area is 107 Å². The third-order valence-electron chi connectivity index (χ3n) is 2.93. The van der Waals surface area contributed by atoms with E-state index in [1.54, 1.807) is 0 Å². The van der Waals surface area contributed by atoms with E-state index in [0.29, 0.717) is 5.25 Å². The molecule has 1 aliphatic rings. The van der Waals surface area contributed by atoms with Gasteiger partial charge in [0.15, 0.2) is 0 Å². The first-order chi connectivity index (χ1) is 8.40. The number of nitrogens with one attached hydrogen (secondary N) is 1. The number of aryl methyl sites for hydroxylation is 1. The SMILES string of the molecule is CCNCCCc1nnc(C2CCCCS2)o1. The lowest BCUT2D eigenvalue weighted by Gasteiger charge is -2.17. The molecule has 17 heavy (non-hydrogen) atoms. The van der Waals surface area contributed by atoms with Gasteiger partial charge in [0.1, 0.15) is 0 Å². The Bertz CT molecular complexity index is 323. The molecule has 0 saturated carbocycles. The van der Waals surface area contributed by atoms with Gasteiger partial charge >= 0.3 is 0 Å². The molecule has 1 fully saturated rings. The summed E-state index contributed by atoms with van der Waals surface area (Å²) in [4.78, 5) is 0. The Balaban J connectivity index is 1.78. The number of hydrogen-bond acceptors (Lipinski definition) is 5. The minimum Gasteiger partial charge on any atom is -0.424 e. The van der Waals surface area contributed by atoms with Gasteiger partial charge in [-0.15, -0.1) is 22.0 Å². The topological polar surface area (TPSA) is 51.0 Å². The van der Waals surface area contributed by atoms with E-state index < -0.39 is 0 Å². The van der Waals surface area contributed by atoms with Crippen LogP contribution in [0.1, 0.15) is 49.6 Å². The average molecular weight is 255 g/mol. The highest BCUT2D eigenvalue weighted by atomic mass is 32.2. The Hall–Kier alpha value is -0.550. The van der Waals surface area contributed by atoms with Crippen molar-refractivity contribution in [2.75, 3.05) is 18.8 Å². The Kier molecular flexibility index (Phi) is 5.32. The van der Waals surface area contributed by atoms with E-state index in [1.165, 1.54) is 25.0 Å². The van der Waals surface area contributed by atoms with Crippen molar-refractivity contribution in [3.63, 3.8) is 0 Å². The van der Waals surface area contributed by atoms with Crippen LogP contribution in [0.3, 0.4) is 0 Å². The zero-order chi connectivity index (χ0) is 11.9. The molecule has 1 N–H and O–H groups in total. The van der Waals surface area contributed by atoms with Crippen LogP contribution in [0.25, 0.3) is 0 Å². The standard InChI is InChI=1S/C12H21N3OS/c1-2-13-8-5-7-11-14-15-12(16-11)10-6-3-4-9-17-10/h10,13H,2-9H2,1H3. The van der Waals surface area contributed by atoms with E-state index in [4.69, 9.17) is 4.42 Å². The van der Waals surface area contributed by atoms with E-state index >= 15 is 0 Å². The van der Waals surface area contributed by atoms with Crippen LogP contribution < -0.4 is 5.32 Å². The van der Waals surface area contributed by atoms with Gasteiger partial charge in [-0.3, -0.25) is 0 Å². The molecular weight excluding hydrogens is 234 g/mol. The van der Waals surface area contributed by atoms with Gasteiger partial charge in [0.25, 0.3) is 0 Å². The molecule has 0 radical (unpaired) electrons. The molecule has 1 aliphatic heterocycles. The third kappa shape index (κ3) is 4.00. The van der Waals surface area contributed by atoms with Crippen molar-refractivity contribution in [2.24, 2.45) is 0 Å². The third-order valence-corrected chi connectivity index (χ3v) is 4.30. The second-order valence-corrected chi connectivity index (χ2v) is 5.66. The molecule has 96 valence electrons. The molecular formula is C12H21N3OS. The highest BCUT2D eigenvalue weighted by molar-refractivity contribution is 7.99. The molecule has 4 nitrogen and oxygen atoms in total. The van der Waals surface area contributed by atoms with Gasteiger partial charge in [-0.25, -0.2) is 0 Å². The number of hydrogen-bond donors (Lipinski definition) is 1. The zero-order valence-electron chi connectivity index (χ0n) is 10.4. The molecule has 1 aromatic heterocycles. The van der Waals surface area contributed by atoms with Crippen LogP contribution in [0.15, 0.2) is 4.42 Å². The van der Waals surface area contributed by atoms with Gasteiger partial charge in [0, 0.05) is 6.42 Å². The van der Waals surface area contributed by atoms with Crippen molar-refractivity contribution in [2.45, 2.75) is 44.3 Å². The van der Waals surface area contributed by atoms with Crippen LogP contribution in [0.2, 0.25) is 0 Å². The maximum atomic E-state index is 5.73. The smallest absolute Gasteiger partial charge is 0.229 e. The maximum absolute atomic E-state index is 5.73. The molecule has 1 saturated heterocycles. The van der Waals surface area contributed by atoms with E-state index in [-0.39, 0.29) is 0 Å².